The fourth-order valence-corrected chi connectivity index (χ4v) is 5.21. The van der Waals surface area contributed by atoms with Crippen molar-refractivity contribution in [2.75, 3.05) is 0 Å². The molecule has 0 saturated carbocycles. The highest BCUT2D eigenvalue weighted by atomic mass is 79.9. The number of nitrogens with zero attached hydrogens (tertiary/aromatic N) is 3. The number of ether oxygens (including phenoxy) is 1. The lowest BCUT2D eigenvalue weighted by atomic mass is 10.2. The Labute approximate surface area is 232 Å². The fourth-order valence-electron chi connectivity index (χ4n) is 3.67. The second-order valence-corrected chi connectivity index (χ2v) is 10.6. The highest BCUT2D eigenvalue weighted by Crippen LogP contribution is 2.27. The number of hydrogen-bond acceptors (Lipinski definition) is 4. The summed E-state index contributed by atoms with van der Waals surface area (Å²) < 4.78 is 10.3. The molecule has 0 saturated heterocycles. The van der Waals surface area contributed by atoms with Gasteiger partial charge >= 0.3 is 0 Å². The summed E-state index contributed by atoms with van der Waals surface area (Å²) in [5, 5.41) is 5.09. The van der Waals surface area contributed by atoms with Crippen molar-refractivity contribution in [3.05, 3.63) is 126 Å². The number of hydrogen-bond donors (Lipinski definition) is 0. The number of fused-ring (bicyclic) bond motifs is 1. The van der Waals surface area contributed by atoms with E-state index in [0.717, 1.165) is 30.1 Å². The van der Waals surface area contributed by atoms with Gasteiger partial charge in [-0.15, -0.1) is 0 Å². The smallest absolute Gasteiger partial charge is 0.282 e. The van der Waals surface area contributed by atoms with E-state index >= 15 is 0 Å². The molecule has 1 aromatic heterocycles. The minimum absolute atomic E-state index is 0.244. The van der Waals surface area contributed by atoms with Crippen LogP contribution < -0.4 is 10.3 Å². The monoisotopic (exact) mass is 665 g/mol. The van der Waals surface area contributed by atoms with Crippen LogP contribution in [0.3, 0.4) is 0 Å². The highest BCUT2D eigenvalue weighted by molar-refractivity contribution is 9.11. The second-order valence-electron chi connectivity index (χ2n) is 7.89. The molecular formula is C28H18Br3N3O2. The molecule has 0 aliphatic heterocycles. The van der Waals surface area contributed by atoms with E-state index in [2.05, 4.69) is 52.9 Å². The molecule has 5 aromatic rings. The predicted molar refractivity (Wildman–Crippen MR) is 155 cm³/mol. The zero-order valence-corrected chi connectivity index (χ0v) is 23.5. The Morgan fingerprint density at radius 3 is 2.39 bits per heavy atom. The summed E-state index contributed by atoms with van der Waals surface area (Å²) in [6.07, 6.45) is 1.63. The second kappa shape index (κ2) is 10.9. The summed E-state index contributed by atoms with van der Waals surface area (Å²) in [7, 11) is 0. The molecule has 0 fully saturated rings. The zero-order valence-electron chi connectivity index (χ0n) is 18.7. The molecule has 0 amide bonds. The van der Waals surface area contributed by atoms with Crippen LogP contribution in [-0.2, 0) is 6.61 Å². The Morgan fingerprint density at radius 2 is 1.58 bits per heavy atom. The van der Waals surface area contributed by atoms with E-state index in [1.165, 1.54) is 4.68 Å². The van der Waals surface area contributed by atoms with Crippen LogP contribution in [0.1, 0.15) is 11.1 Å². The minimum Gasteiger partial charge on any atom is -0.488 e. The van der Waals surface area contributed by atoms with Crippen LogP contribution in [0.2, 0.25) is 0 Å². The molecule has 0 radical (unpaired) electrons. The first-order valence-corrected chi connectivity index (χ1v) is 13.4. The van der Waals surface area contributed by atoms with E-state index in [1.54, 1.807) is 12.3 Å². The quantitative estimate of drug-likeness (QED) is 0.174. The fraction of sp³-hybridized carbons (Fsp3) is 0.0357. The molecule has 0 unspecified atom stereocenters. The lowest BCUT2D eigenvalue weighted by molar-refractivity contribution is 0.305. The molecule has 0 aliphatic rings. The summed E-state index contributed by atoms with van der Waals surface area (Å²) >= 11 is 10.6. The van der Waals surface area contributed by atoms with Gasteiger partial charge in [0.1, 0.15) is 12.4 Å². The Morgan fingerprint density at radius 1 is 0.861 bits per heavy atom. The minimum atomic E-state index is -0.244. The number of rotatable bonds is 6. The number of para-hydroxylation sites is 1. The Hall–Kier alpha value is -3.07. The third-order valence-electron chi connectivity index (χ3n) is 5.47. The van der Waals surface area contributed by atoms with E-state index in [0.29, 0.717) is 29.1 Å². The molecule has 178 valence electrons. The van der Waals surface area contributed by atoms with Gasteiger partial charge in [0.05, 0.1) is 17.1 Å². The Kier molecular flexibility index (Phi) is 7.46. The van der Waals surface area contributed by atoms with Crippen molar-refractivity contribution < 1.29 is 4.74 Å². The number of halogens is 3. The Balaban J connectivity index is 1.55. The first-order chi connectivity index (χ1) is 17.5. The van der Waals surface area contributed by atoms with Crippen LogP contribution in [0.4, 0.5) is 0 Å². The maximum absolute atomic E-state index is 13.4. The molecule has 1 heterocycles. The summed E-state index contributed by atoms with van der Waals surface area (Å²) in [6, 6.07) is 28.5. The largest absolute Gasteiger partial charge is 0.488 e. The van der Waals surface area contributed by atoms with Crippen molar-refractivity contribution in [1.82, 2.24) is 9.66 Å². The van der Waals surface area contributed by atoms with E-state index in [4.69, 9.17) is 9.72 Å². The molecule has 0 N–H and O–H groups in total. The van der Waals surface area contributed by atoms with Crippen molar-refractivity contribution in [2.24, 2.45) is 5.10 Å². The third kappa shape index (κ3) is 5.36. The molecule has 5 nitrogen and oxygen atoms in total. The van der Waals surface area contributed by atoms with Crippen LogP contribution >= 0.6 is 47.8 Å². The third-order valence-corrected chi connectivity index (χ3v) is 7.19. The van der Waals surface area contributed by atoms with E-state index in [1.807, 2.05) is 84.9 Å². The summed E-state index contributed by atoms with van der Waals surface area (Å²) in [6.45, 7) is 0.364. The highest BCUT2D eigenvalue weighted by Gasteiger charge is 2.13. The predicted octanol–water partition coefficient (Wildman–Crippen LogP) is 7.81. The van der Waals surface area contributed by atoms with Crippen LogP contribution in [0.25, 0.3) is 22.3 Å². The standard InChI is InChI=1S/C28H18Br3N3O2/c29-21-12-13-26(36-17-19-10-11-22(30)15-24(19)31)20(14-21)16-32-34-27(18-6-2-1-3-7-18)33-25-9-5-4-8-23(25)28(34)35/h1-16H,17H2. The van der Waals surface area contributed by atoms with Gasteiger partial charge in [0.15, 0.2) is 5.82 Å². The average Bonchev–Trinajstić information content (AvgIpc) is 2.89. The van der Waals surface area contributed by atoms with Crippen molar-refractivity contribution >= 4 is 64.9 Å². The van der Waals surface area contributed by atoms with Crippen molar-refractivity contribution in [1.29, 1.82) is 0 Å². The van der Waals surface area contributed by atoms with Gasteiger partial charge in [-0.3, -0.25) is 4.79 Å². The molecule has 8 heteroatoms. The normalized spacial score (nSPS) is 11.3. The summed E-state index contributed by atoms with van der Waals surface area (Å²) in [4.78, 5) is 18.2. The van der Waals surface area contributed by atoms with Gasteiger partial charge in [-0.05, 0) is 42.5 Å². The number of aromatic nitrogens is 2. The van der Waals surface area contributed by atoms with Gasteiger partial charge in [0, 0.05) is 30.1 Å². The lowest BCUT2D eigenvalue weighted by Gasteiger charge is -2.12. The molecule has 0 bridgehead atoms. The van der Waals surface area contributed by atoms with E-state index in [-0.39, 0.29) is 5.56 Å². The van der Waals surface area contributed by atoms with Crippen LogP contribution in [0.5, 0.6) is 5.75 Å². The first-order valence-electron chi connectivity index (χ1n) is 11.0. The van der Waals surface area contributed by atoms with E-state index < -0.39 is 0 Å². The van der Waals surface area contributed by atoms with Crippen LogP contribution in [0.15, 0.2) is 114 Å². The SMILES string of the molecule is O=c1c2ccccc2nc(-c2ccccc2)n1N=Cc1cc(Br)ccc1OCc1ccc(Br)cc1Br. The van der Waals surface area contributed by atoms with Crippen molar-refractivity contribution in [3.8, 4) is 17.1 Å². The van der Waals surface area contributed by atoms with E-state index in [9.17, 15) is 4.79 Å². The van der Waals surface area contributed by atoms with Gasteiger partial charge in [0.25, 0.3) is 5.56 Å². The first kappa shape index (κ1) is 24.6. The summed E-state index contributed by atoms with van der Waals surface area (Å²) in [5.41, 5.74) is 2.90. The van der Waals surface area contributed by atoms with Crippen LogP contribution in [0, 0.1) is 0 Å². The molecular weight excluding hydrogens is 650 g/mol. The maximum Gasteiger partial charge on any atom is 0.282 e. The van der Waals surface area contributed by atoms with Crippen molar-refractivity contribution in [2.45, 2.75) is 6.61 Å². The van der Waals surface area contributed by atoms with Gasteiger partial charge in [-0.1, -0.05) is 96.3 Å². The van der Waals surface area contributed by atoms with Crippen LogP contribution in [-0.4, -0.2) is 15.9 Å². The average molecular weight is 668 g/mol. The molecule has 36 heavy (non-hydrogen) atoms. The van der Waals surface area contributed by atoms with Crippen molar-refractivity contribution in [3.63, 3.8) is 0 Å². The Bertz CT molecular complexity index is 1650. The van der Waals surface area contributed by atoms with Gasteiger partial charge in [-0.25, -0.2) is 4.98 Å². The van der Waals surface area contributed by atoms with Gasteiger partial charge < -0.3 is 4.74 Å². The molecule has 0 spiro atoms. The summed E-state index contributed by atoms with van der Waals surface area (Å²) in [5.74, 6) is 1.10. The molecule has 0 aliphatic carbocycles. The molecule has 5 rings (SSSR count). The van der Waals surface area contributed by atoms with Gasteiger partial charge in [0.2, 0.25) is 0 Å². The number of benzene rings is 4. The topological polar surface area (TPSA) is 56.5 Å². The molecule has 4 aromatic carbocycles. The lowest BCUT2D eigenvalue weighted by Crippen LogP contribution is -2.20. The molecule has 0 atom stereocenters. The zero-order chi connectivity index (χ0) is 25.1. The van der Waals surface area contributed by atoms with Gasteiger partial charge in [-0.2, -0.15) is 9.78 Å². The maximum atomic E-state index is 13.4.